The van der Waals surface area contributed by atoms with Crippen molar-refractivity contribution in [2.24, 2.45) is 0 Å². The Bertz CT molecular complexity index is 452. The van der Waals surface area contributed by atoms with Crippen LogP contribution in [-0.4, -0.2) is 15.8 Å². The Morgan fingerprint density at radius 2 is 2.07 bits per heavy atom. The smallest absolute Gasteiger partial charge is 0.204 e. The maximum atomic E-state index is 11.7. The Morgan fingerprint density at radius 1 is 1.36 bits per heavy atom. The number of hydrogen-bond acceptors (Lipinski definition) is 5. The van der Waals surface area contributed by atoms with Crippen LogP contribution in [0, 0.1) is 0 Å². The lowest BCUT2D eigenvalue weighted by atomic mass is 10.1. The van der Waals surface area contributed by atoms with Crippen LogP contribution in [0.15, 0.2) is 30.7 Å². The summed E-state index contributed by atoms with van der Waals surface area (Å²) >= 11 is 1.19. The van der Waals surface area contributed by atoms with E-state index in [0.717, 1.165) is 0 Å². The molecule has 0 fully saturated rings. The Kier molecular flexibility index (Phi) is 2.24. The molecule has 2 N–H and O–H groups in total. The minimum Gasteiger partial charge on any atom is -0.375 e. The molecule has 5 heteroatoms. The molecule has 0 aliphatic heterocycles. The van der Waals surface area contributed by atoms with Gasteiger partial charge in [0.05, 0.1) is 11.1 Å². The van der Waals surface area contributed by atoms with E-state index in [-0.39, 0.29) is 5.78 Å². The number of rotatable bonds is 2. The molecule has 0 atom stereocenters. The Labute approximate surface area is 84.4 Å². The number of hydrogen-bond donors (Lipinski definition) is 1. The standard InChI is InChI=1S/C9H7N3OS/c10-9-12-5-7(14-9)8(13)6-1-3-11-4-2-6/h1-5H,(H2,10,12). The summed E-state index contributed by atoms with van der Waals surface area (Å²) in [6.45, 7) is 0. The van der Waals surface area contributed by atoms with Gasteiger partial charge in [0.1, 0.15) is 0 Å². The molecule has 0 saturated carbocycles. The van der Waals surface area contributed by atoms with Crippen LogP contribution in [-0.2, 0) is 0 Å². The van der Waals surface area contributed by atoms with E-state index in [1.54, 1.807) is 24.5 Å². The number of anilines is 1. The van der Waals surface area contributed by atoms with Gasteiger partial charge in [-0.3, -0.25) is 9.78 Å². The largest absolute Gasteiger partial charge is 0.375 e. The molecule has 2 heterocycles. The molecular formula is C9H7N3OS. The van der Waals surface area contributed by atoms with E-state index in [0.29, 0.717) is 15.6 Å². The average Bonchev–Trinajstić information content (AvgIpc) is 2.65. The molecule has 0 aliphatic rings. The predicted octanol–water partition coefficient (Wildman–Crippen LogP) is 1.35. The third-order valence-electron chi connectivity index (χ3n) is 1.69. The fraction of sp³-hybridized carbons (Fsp3) is 0. The molecule has 0 radical (unpaired) electrons. The highest BCUT2D eigenvalue weighted by molar-refractivity contribution is 7.17. The van der Waals surface area contributed by atoms with Crippen molar-refractivity contribution in [2.45, 2.75) is 0 Å². The fourth-order valence-electron chi connectivity index (χ4n) is 1.04. The van der Waals surface area contributed by atoms with Crippen LogP contribution < -0.4 is 5.73 Å². The quantitative estimate of drug-likeness (QED) is 0.751. The highest BCUT2D eigenvalue weighted by Crippen LogP contribution is 2.17. The third kappa shape index (κ3) is 1.62. The van der Waals surface area contributed by atoms with Crippen LogP contribution in [0.2, 0.25) is 0 Å². The highest BCUT2D eigenvalue weighted by atomic mass is 32.1. The summed E-state index contributed by atoms with van der Waals surface area (Å²) < 4.78 is 0. The summed E-state index contributed by atoms with van der Waals surface area (Å²) in [6, 6.07) is 3.33. The lowest BCUT2D eigenvalue weighted by Crippen LogP contribution is -1.97. The molecule has 4 nitrogen and oxygen atoms in total. The first kappa shape index (κ1) is 8.83. The van der Waals surface area contributed by atoms with Crippen LogP contribution in [0.3, 0.4) is 0 Å². The van der Waals surface area contributed by atoms with Gasteiger partial charge >= 0.3 is 0 Å². The number of aromatic nitrogens is 2. The van der Waals surface area contributed by atoms with E-state index in [4.69, 9.17) is 5.73 Å². The van der Waals surface area contributed by atoms with Gasteiger partial charge in [0, 0.05) is 18.0 Å². The topological polar surface area (TPSA) is 68.9 Å². The van der Waals surface area contributed by atoms with Gasteiger partial charge in [-0.25, -0.2) is 4.98 Å². The average molecular weight is 205 g/mol. The maximum Gasteiger partial charge on any atom is 0.204 e. The molecule has 2 rings (SSSR count). The second-order valence-corrected chi connectivity index (χ2v) is 3.69. The van der Waals surface area contributed by atoms with E-state index in [2.05, 4.69) is 9.97 Å². The minimum absolute atomic E-state index is 0.0680. The van der Waals surface area contributed by atoms with Crippen LogP contribution in [0.25, 0.3) is 0 Å². The van der Waals surface area contributed by atoms with Gasteiger partial charge in [0.2, 0.25) is 5.78 Å². The van der Waals surface area contributed by atoms with Crippen LogP contribution in [0.1, 0.15) is 15.2 Å². The number of carbonyl (C=O) groups excluding carboxylic acids is 1. The molecule has 70 valence electrons. The van der Waals surface area contributed by atoms with Gasteiger partial charge in [-0.2, -0.15) is 0 Å². The minimum atomic E-state index is -0.0680. The normalized spacial score (nSPS) is 10.0. The summed E-state index contributed by atoms with van der Waals surface area (Å²) in [6.07, 6.45) is 4.65. The van der Waals surface area contributed by atoms with E-state index >= 15 is 0 Å². The molecule has 2 aromatic rings. The summed E-state index contributed by atoms with van der Waals surface area (Å²) in [4.78, 5) is 20.0. The number of thiazole rings is 1. The number of pyridine rings is 1. The van der Waals surface area contributed by atoms with Gasteiger partial charge < -0.3 is 5.73 Å². The number of nitrogens with two attached hydrogens (primary N) is 1. The van der Waals surface area contributed by atoms with E-state index in [1.807, 2.05) is 0 Å². The van der Waals surface area contributed by atoms with Crippen LogP contribution in [0.5, 0.6) is 0 Å². The summed E-state index contributed by atoms with van der Waals surface area (Å²) in [5, 5.41) is 0.405. The fourth-order valence-corrected chi connectivity index (χ4v) is 1.68. The Hall–Kier alpha value is -1.75. The lowest BCUT2D eigenvalue weighted by molar-refractivity contribution is 0.104. The molecule has 2 aromatic heterocycles. The molecule has 0 aromatic carbocycles. The summed E-state index contributed by atoms with van der Waals surface area (Å²) in [5.41, 5.74) is 6.04. The zero-order chi connectivity index (χ0) is 9.97. The maximum absolute atomic E-state index is 11.7. The first-order valence-corrected chi connectivity index (χ1v) is 4.75. The van der Waals surface area contributed by atoms with Crippen LogP contribution in [0.4, 0.5) is 5.13 Å². The Morgan fingerprint density at radius 3 is 2.64 bits per heavy atom. The predicted molar refractivity (Wildman–Crippen MR) is 54.2 cm³/mol. The molecule has 0 amide bonds. The van der Waals surface area contributed by atoms with Gasteiger partial charge in [-0.15, -0.1) is 0 Å². The molecule has 0 unspecified atom stereocenters. The first-order valence-electron chi connectivity index (χ1n) is 3.93. The summed E-state index contributed by atoms with van der Waals surface area (Å²) in [5.74, 6) is -0.0680. The van der Waals surface area contributed by atoms with Gasteiger partial charge in [-0.1, -0.05) is 11.3 Å². The van der Waals surface area contributed by atoms with Gasteiger partial charge in [0.25, 0.3) is 0 Å². The molecule has 14 heavy (non-hydrogen) atoms. The van der Waals surface area contributed by atoms with Crippen LogP contribution >= 0.6 is 11.3 Å². The van der Waals surface area contributed by atoms with Crippen molar-refractivity contribution in [3.63, 3.8) is 0 Å². The van der Waals surface area contributed by atoms with Crippen molar-refractivity contribution < 1.29 is 4.79 Å². The number of ketones is 1. The van der Waals surface area contributed by atoms with Crippen molar-refractivity contribution in [1.29, 1.82) is 0 Å². The van der Waals surface area contributed by atoms with E-state index in [9.17, 15) is 4.79 Å². The van der Waals surface area contributed by atoms with Crippen molar-refractivity contribution in [3.8, 4) is 0 Å². The van der Waals surface area contributed by atoms with E-state index < -0.39 is 0 Å². The van der Waals surface area contributed by atoms with Gasteiger partial charge in [-0.05, 0) is 12.1 Å². The first-order chi connectivity index (χ1) is 6.77. The molecule has 0 aliphatic carbocycles. The number of nitrogen functional groups attached to an aromatic ring is 1. The third-order valence-corrected chi connectivity index (χ3v) is 2.52. The molecule has 0 spiro atoms. The monoisotopic (exact) mass is 205 g/mol. The highest BCUT2D eigenvalue weighted by Gasteiger charge is 2.11. The zero-order valence-electron chi connectivity index (χ0n) is 7.18. The summed E-state index contributed by atoms with van der Waals surface area (Å²) in [7, 11) is 0. The van der Waals surface area contributed by atoms with E-state index in [1.165, 1.54) is 17.5 Å². The zero-order valence-corrected chi connectivity index (χ0v) is 7.99. The molecular weight excluding hydrogens is 198 g/mol. The van der Waals surface area contributed by atoms with Crippen molar-refractivity contribution in [3.05, 3.63) is 41.2 Å². The second-order valence-electron chi connectivity index (χ2n) is 2.63. The Balaban J connectivity index is 2.34. The van der Waals surface area contributed by atoms with Crippen molar-refractivity contribution >= 4 is 22.3 Å². The van der Waals surface area contributed by atoms with Crippen molar-refractivity contribution in [1.82, 2.24) is 9.97 Å². The molecule has 0 bridgehead atoms. The second kappa shape index (κ2) is 3.55. The van der Waals surface area contributed by atoms with Gasteiger partial charge in [0.15, 0.2) is 5.13 Å². The number of carbonyl (C=O) groups is 1. The lowest BCUT2D eigenvalue weighted by Gasteiger charge is -1.94. The SMILES string of the molecule is Nc1ncc(C(=O)c2ccncc2)s1. The van der Waals surface area contributed by atoms with Crippen molar-refractivity contribution in [2.75, 3.05) is 5.73 Å². The molecule has 0 saturated heterocycles. The number of nitrogens with zero attached hydrogens (tertiary/aromatic N) is 2.